The molecule has 11 heteroatoms. The number of rotatable bonds is 4. The van der Waals surface area contributed by atoms with Gasteiger partial charge in [-0.25, -0.2) is 8.42 Å². The van der Waals surface area contributed by atoms with E-state index in [4.69, 9.17) is 4.52 Å². The first kappa shape index (κ1) is 18.6. The van der Waals surface area contributed by atoms with E-state index in [1.54, 1.807) is 6.92 Å². The number of benzene rings is 1. The van der Waals surface area contributed by atoms with Crippen molar-refractivity contribution in [2.24, 2.45) is 0 Å². The highest BCUT2D eigenvalue weighted by Crippen LogP contribution is 2.31. The van der Waals surface area contributed by atoms with Gasteiger partial charge in [0.2, 0.25) is 5.89 Å². The lowest BCUT2D eigenvalue weighted by molar-refractivity contribution is -0.0436. The first-order valence-corrected chi connectivity index (χ1v) is 9.33. The van der Waals surface area contributed by atoms with Gasteiger partial charge in [0.25, 0.3) is 9.84 Å². The molecule has 2 heterocycles. The molecule has 0 radical (unpaired) electrons. The molecular weight excluding hydrogens is 373 g/mol. The third-order valence-electron chi connectivity index (χ3n) is 4.12. The Balaban J connectivity index is 1.61. The molecule has 0 unspecified atom stereocenters. The average molecular weight is 390 g/mol. The van der Waals surface area contributed by atoms with E-state index in [2.05, 4.69) is 15.0 Å². The minimum atomic E-state index is -5.31. The van der Waals surface area contributed by atoms with Gasteiger partial charge in [0.05, 0.1) is 11.4 Å². The van der Waals surface area contributed by atoms with Gasteiger partial charge in [-0.1, -0.05) is 5.16 Å². The van der Waals surface area contributed by atoms with E-state index >= 15 is 0 Å². The second-order valence-corrected chi connectivity index (χ2v) is 7.88. The van der Waals surface area contributed by atoms with E-state index in [1.165, 1.54) is 12.1 Å². The summed E-state index contributed by atoms with van der Waals surface area (Å²) >= 11 is 0. The normalized spacial score (nSPS) is 16.8. The predicted molar refractivity (Wildman–Crippen MR) is 86.2 cm³/mol. The van der Waals surface area contributed by atoms with Crippen LogP contribution in [0.15, 0.2) is 33.7 Å². The molecule has 1 aliphatic heterocycles. The predicted octanol–water partition coefficient (Wildman–Crippen LogP) is 1.99. The fraction of sp³-hybridized carbons (Fsp3) is 0.467. The van der Waals surface area contributed by atoms with Gasteiger partial charge < -0.3 is 9.42 Å². The number of halogens is 3. The van der Waals surface area contributed by atoms with E-state index in [1.807, 2.05) is 4.90 Å². The van der Waals surface area contributed by atoms with E-state index in [0.717, 1.165) is 25.2 Å². The van der Waals surface area contributed by atoms with E-state index in [-0.39, 0.29) is 0 Å². The number of aryl methyl sites for hydroxylation is 1. The third kappa shape index (κ3) is 3.83. The van der Waals surface area contributed by atoms with Crippen LogP contribution in [0, 0.1) is 6.92 Å². The first-order valence-electron chi connectivity index (χ1n) is 7.85. The molecule has 3 rings (SSSR count). The van der Waals surface area contributed by atoms with Crippen LogP contribution in [0.25, 0.3) is 0 Å². The van der Waals surface area contributed by atoms with Gasteiger partial charge in [-0.3, -0.25) is 4.90 Å². The Bertz CT molecular complexity index is 857. The zero-order valence-corrected chi connectivity index (χ0v) is 14.7. The van der Waals surface area contributed by atoms with Gasteiger partial charge in [0.1, 0.15) is 0 Å². The maximum atomic E-state index is 12.6. The summed E-state index contributed by atoms with van der Waals surface area (Å²) in [6.45, 7) is 5.03. The average Bonchev–Trinajstić information content (AvgIpc) is 2.99. The summed E-state index contributed by atoms with van der Waals surface area (Å²) in [5.41, 5.74) is -4.62. The summed E-state index contributed by atoms with van der Waals surface area (Å²) in [5.74, 6) is 1.12. The van der Waals surface area contributed by atoms with Gasteiger partial charge in [-0.05, 0) is 24.3 Å². The number of nitrogens with zero attached hydrogens (tertiary/aromatic N) is 4. The van der Waals surface area contributed by atoms with Crippen molar-refractivity contribution in [2.75, 3.05) is 31.1 Å². The molecule has 0 amide bonds. The molecule has 1 saturated heterocycles. The third-order valence-corrected chi connectivity index (χ3v) is 5.63. The Morgan fingerprint density at radius 1 is 1.12 bits per heavy atom. The number of anilines is 1. The number of sulfone groups is 1. The van der Waals surface area contributed by atoms with Crippen molar-refractivity contribution in [3.05, 3.63) is 36.0 Å². The van der Waals surface area contributed by atoms with Crippen LogP contribution in [0.2, 0.25) is 0 Å². The van der Waals surface area contributed by atoms with Crippen LogP contribution >= 0.6 is 0 Å². The summed E-state index contributed by atoms with van der Waals surface area (Å²) in [5, 5.41) is 3.85. The molecule has 7 nitrogen and oxygen atoms in total. The Hall–Kier alpha value is -2.14. The molecule has 1 aromatic carbocycles. The van der Waals surface area contributed by atoms with Crippen LogP contribution in [0.4, 0.5) is 18.9 Å². The van der Waals surface area contributed by atoms with E-state index < -0.39 is 20.2 Å². The van der Waals surface area contributed by atoms with Crippen molar-refractivity contribution in [1.82, 2.24) is 15.0 Å². The SMILES string of the molecule is Cc1nc(CN2CCN(c3ccc(S(=O)(=O)C(F)(F)F)cc3)CC2)no1. The lowest BCUT2D eigenvalue weighted by Gasteiger charge is -2.35. The molecular formula is C15H17F3N4O3S. The minimum absolute atomic E-state index is 0.507. The van der Waals surface area contributed by atoms with Crippen molar-refractivity contribution in [1.29, 1.82) is 0 Å². The van der Waals surface area contributed by atoms with Crippen molar-refractivity contribution in [2.45, 2.75) is 23.9 Å². The molecule has 1 fully saturated rings. The van der Waals surface area contributed by atoms with Gasteiger partial charge in [-0.2, -0.15) is 18.2 Å². The van der Waals surface area contributed by atoms with Crippen molar-refractivity contribution in [3.8, 4) is 0 Å². The second kappa shape index (κ2) is 6.88. The summed E-state index contributed by atoms with van der Waals surface area (Å²) in [6, 6.07) is 4.78. The van der Waals surface area contributed by atoms with Crippen LogP contribution in [0.3, 0.4) is 0 Å². The molecule has 0 atom stereocenters. The van der Waals surface area contributed by atoms with Crippen molar-refractivity contribution < 1.29 is 26.1 Å². The maximum absolute atomic E-state index is 12.6. The number of hydrogen-bond acceptors (Lipinski definition) is 7. The van der Waals surface area contributed by atoms with Gasteiger partial charge >= 0.3 is 5.51 Å². The topological polar surface area (TPSA) is 79.5 Å². The molecule has 1 aliphatic rings. The Morgan fingerprint density at radius 3 is 2.23 bits per heavy atom. The Kier molecular flexibility index (Phi) is 4.93. The van der Waals surface area contributed by atoms with Gasteiger partial charge in [0.15, 0.2) is 5.82 Å². The fourth-order valence-electron chi connectivity index (χ4n) is 2.74. The Morgan fingerprint density at radius 2 is 1.73 bits per heavy atom. The van der Waals surface area contributed by atoms with Gasteiger partial charge in [-0.15, -0.1) is 0 Å². The molecule has 1 aromatic heterocycles. The van der Waals surface area contributed by atoms with E-state index in [0.29, 0.717) is 37.0 Å². The zero-order chi connectivity index (χ0) is 18.9. The quantitative estimate of drug-likeness (QED) is 0.790. The molecule has 26 heavy (non-hydrogen) atoms. The number of alkyl halides is 3. The zero-order valence-electron chi connectivity index (χ0n) is 13.9. The number of aromatic nitrogens is 2. The van der Waals surface area contributed by atoms with Crippen LogP contribution in [0.1, 0.15) is 11.7 Å². The van der Waals surface area contributed by atoms with Crippen LogP contribution in [0.5, 0.6) is 0 Å². The molecule has 0 saturated carbocycles. The highest BCUT2D eigenvalue weighted by Gasteiger charge is 2.46. The van der Waals surface area contributed by atoms with Crippen molar-refractivity contribution >= 4 is 15.5 Å². The second-order valence-electron chi connectivity index (χ2n) is 5.94. The molecule has 142 valence electrons. The molecule has 0 N–H and O–H groups in total. The lowest BCUT2D eigenvalue weighted by Crippen LogP contribution is -2.46. The molecule has 0 spiro atoms. The lowest BCUT2D eigenvalue weighted by atomic mass is 10.2. The fourth-order valence-corrected chi connectivity index (χ4v) is 3.50. The summed E-state index contributed by atoms with van der Waals surface area (Å²) in [4.78, 5) is 7.53. The Labute approximate surface area is 148 Å². The summed E-state index contributed by atoms with van der Waals surface area (Å²) in [6.07, 6.45) is 0. The summed E-state index contributed by atoms with van der Waals surface area (Å²) < 4.78 is 65.5. The molecule has 0 aliphatic carbocycles. The number of piperazine rings is 1. The standard InChI is InChI=1S/C15H17F3N4O3S/c1-11-19-14(20-25-11)10-21-6-8-22(9-7-21)12-2-4-13(5-3-12)26(23,24)15(16,17)18/h2-5H,6-10H2,1H3. The van der Waals surface area contributed by atoms with Crippen molar-refractivity contribution in [3.63, 3.8) is 0 Å². The van der Waals surface area contributed by atoms with E-state index in [9.17, 15) is 21.6 Å². The van der Waals surface area contributed by atoms with Gasteiger partial charge in [0, 0.05) is 38.8 Å². The smallest absolute Gasteiger partial charge is 0.369 e. The number of hydrogen-bond donors (Lipinski definition) is 0. The first-order chi connectivity index (χ1) is 12.2. The minimum Gasteiger partial charge on any atom is -0.369 e. The van der Waals surface area contributed by atoms with Crippen LogP contribution < -0.4 is 4.90 Å². The highest BCUT2D eigenvalue weighted by atomic mass is 32.2. The highest BCUT2D eigenvalue weighted by molar-refractivity contribution is 7.92. The largest absolute Gasteiger partial charge is 0.501 e. The van der Waals surface area contributed by atoms with Crippen LogP contribution in [-0.4, -0.2) is 55.1 Å². The molecule has 2 aromatic rings. The molecule has 0 bridgehead atoms. The monoisotopic (exact) mass is 390 g/mol. The maximum Gasteiger partial charge on any atom is 0.501 e. The van der Waals surface area contributed by atoms with Crippen LogP contribution in [-0.2, 0) is 16.4 Å². The summed E-state index contributed by atoms with van der Waals surface area (Å²) in [7, 11) is -5.31.